The van der Waals surface area contributed by atoms with Crippen molar-refractivity contribution in [1.82, 2.24) is 9.55 Å². The van der Waals surface area contributed by atoms with Gasteiger partial charge in [-0.25, -0.2) is 4.98 Å². The molecule has 0 radical (unpaired) electrons. The molecule has 0 N–H and O–H groups in total. The van der Waals surface area contributed by atoms with Crippen molar-refractivity contribution in [3.05, 3.63) is 187 Å². The van der Waals surface area contributed by atoms with Gasteiger partial charge in [-0.1, -0.05) is 172 Å². The number of benzene rings is 5. The minimum Gasteiger partial charge on any atom is -0.407 e. The molecule has 1 aliphatic rings. The van der Waals surface area contributed by atoms with Gasteiger partial charge in [-0.2, -0.15) is 0 Å². The third-order valence-corrected chi connectivity index (χ3v) is 15.1. The number of hydrogen-bond acceptors (Lipinski definition) is 2. The number of nitrogens with zero attached hydrogens (tertiary/aromatic N) is 2. The van der Waals surface area contributed by atoms with Crippen molar-refractivity contribution in [3.63, 3.8) is 0 Å². The van der Waals surface area contributed by atoms with E-state index in [9.17, 15) is 0 Å². The first-order chi connectivity index (χ1) is 22.9. The largest absolute Gasteiger partial charge is 0.407 e. The summed E-state index contributed by atoms with van der Waals surface area (Å²) in [6.07, 6.45) is 6.45. The highest BCUT2D eigenvalue weighted by Crippen LogP contribution is 2.45. The minimum absolute atomic E-state index is 0.0193. The quantitative estimate of drug-likeness (QED) is 0.106. The topological polar surface area (TPSA) is 27.1 Å². The smallest absolute Gasteiger partial charge is 0.261 e. The molecule has 47 heavy (non-hydrogen) atoms. The van der Waals surface area contributed by atoms with E-state index in [1.165, 1.54) is 33.5 Å². The predicted octanol–water partition coefficient (Wildman–Crippen LogP) is 8.48. The van der Waals surface area contributed by atoms with E-state index in [4.69, 9.17) is 9.41 Å². The van der Waals surface area contributed by atoms with E-state index < -0.39 is 13.9 Å². The molecular formula is C43H44N2OSi. The van der Waals surface area contributed by atoms with Gasteiger partial charge in [0.25, 0.3) is 8.32 Å². The van der Waals surface area contributed by atoms with Gasteiger partial charge in [0, 0.05) is 12.8 Å². The Morgan fingerprint density at radius 3 is 1.47 bits per heavy atom. The van der Waals surface area contributed by atoms with Gasteiger partial charge in [0.15, 0.2) is 0 Å². The van der Waals surface area contributed by atoms with Gasteiger partial charge in [-0.3, -0.25) is 0 Å². The molecule has 3 nitrogen and oxygen atoms in total. The molecule has 0 amide bonds. The summed E-state index contributed by atoms with van der Waals surface area (Å²) in [5, 5.41) is 2.66. The normalized spacial score (nSPS) is 16.6. The maximum atomic E-state index is 7.30. The lowest BCUT2D eigenvalue weighted by Crippen LogP contribution is -2.66. The van der Waals surface area contributed by atoms with Crippen molar-refractivity contribution in [2.24, 2.45) is 11.8 Å². The molecule has 0 aliphatic heterocycles. The van der Waals surface area contributed by atoms with Gasteiger partial charge in [0.1, 0.15) is 5.54 Å². The maximum absolute atomic E-state index is 7.30. The van der Waals surface area contributed by atoms with Crippen LogP contribution in [0.1, 0.15) is 49.6 Å². The fourth-order valence-electron chi connectivity index (χ4n) is 7.66. The zero-order valence-electron chi connectivity index (χ0n) is 27.7. The molecule has 0 saturated heterocycles. The van der Waals surface area contributed by atoms with Gasteiger partial charge in [0.05, 0.1) is 12.0 Å². The lowest BCUT2D eigenvalue weighted by Gasteiger charge is -2.43. The van der Waals surface area contributed by atoms with E-state index >= 15 is 0 Å². The van der Waals surface area contributed by atoms with Gasteiger partial charge >= 0.3 is 0 Å². The molecule has 7 rings (SSSR count). The molecule has 1 aliphatic carbocycles. The summed E-state index contributed by atoms with van der Waals surface area (Å²) in [5.41, 5.74) is 4.23. The van der Waals surface area contributed by atoms with E-state index in [1.807, 2.05) is 6.33 Å². The van der Waals surface area contributed by atoms with E-state index in [0.29, 0.717) is 11.8 Å². The highest BCUT2D eigenvalue weighted by molar-refractivity contribution is 6.99. The zero-order chi connectivity index (χ0) is 32.3. The second-order valence-electron chi connectivity index (χ2n) is 14.0. The first-order valence-corrected chi connectivity index (χ1v) is 18.8. The SMILES string of the molecule is CC(C)(C)[Si](OC[C@@H]1C[C@H]1Cc1cn(C(c2ccccc2)(c2ccccc2)c2ccccc2)cn1)(c1ccccc1)c1ccccc1. The first kappa shape index (κ1) is 31.1. The van der Waals surface area contributed by atoms with Crippen LogP contribution in [0.25, 0.3) is 0 Å². The van der Waals surface area contributed by atoms with Crippen LogP contribution in [0.5, 0.6) is 0 Å². The molecule has 0 bridgehead atoms. The van der Waals surface area contributed by atoms with E-state index in [-0.39, 0.29) is 5.04 Å². The third kappa shape index (κ3) is 5.81. The second kappa shape index (κ2) is 12.9. The lowest BCUT2D eigenvalue weighted by molar-refractivity contribution is 0.274. The number of aromatic nitrogens is 2. The summed E-state index contributed by atoms with van der Waals surface area (Å²) in [6.45, 7) is 7.85. The molecule has 4 heteroatoms. The number of hydrogen-bond donors (Lipinski definition) is 0. The fourth-order valence-corrected chi connectivity index (χ4v) is 12.3. The van der Waals surface area contributed by atoms with Crippen LogP contribution in [0.4, 0.5) is 0 Å². The zero-order valence-corrected chi connectivity index (χ0v) is 28.7. The molecular weight excluding hydrogens is 589 g/mol. The van der Waals surface area contributed by atoms with Crippen molar-refractivity contribution in [2.45, 2.75) is 44.2 Å². The Balaban J connectivity index is 1.17. The highest BCUT2D eigenvalue weighted by atomic mass is 28.4. The first-order valence-electron chi connectivity index (χ1n) is 16.9. The fraction of sp³-hybridized carbons (Fsp3) is 0.233. The molecule has 5 aromatic carbocycles. The van der Waals surface area contributed by atoms with Crippen molar-refractivity contribution in [2.75, 3.05) is 6.61 Å². The molecule has 236 valence electrons. The summed E-state index contributed by atoms with van der Waals surface area (Å²) >= 11 is 0. The molecule has 2 atom stereocenters. The van der Waals surface area contributed by atoms with Gasteiger partial charge in [0.2, 0.25) is 0 Å². The number of rotatable bonds is 11. The van der Waals surface area contributed by atoms with Crippen LogP contribution >= 0.6 is 0 Å². The number of imidazole rings is 1. The Hall–Kier alpha value is -4.51. The minimum atomic E-state index is -2.55. The van der Waals surface area contributed by atoms with E-state index in [1.54, 1.807) is 0 Å². The molecule has 6 aromatic rings. The van der Waals surface area contributed by atoms with Crippen molar-refractivity contribution >= 4 is 18.7 Å². The van der Waals surface area contributed by atoms with E-state index in [0.717, 1.165) is 18.7 Å². The third-order valence-electron chi connectivity index (χ3n) is 10.1. The molecule has 1 saturated carbocycles. The Morgan fingerprint density at radius 1 is 0.617 bits per heavy atom. The molecule has 0 spiro atoms. The molecule has 1 aromatic heterocycles. The summed E-state index contributed by atoms with van der Waals surface area (Å²) in [5.74, 6) is 1.10. The van der Waals surface area contributed by atoms with Crippen molar-refractivity contribution < 1.29 is 4.43 Å². The van der Waals surface area contributed by atoms with Gasteiger partial charge in [-0.05, 0) is 56.8 Å². The summed E-state index contributed by atoms with van der Waals surface area (Å²) < 4.78 is 9.64. The van der Waals surface area contributed by atoms with Crippen LogP contribution in [-0.4, -0.2) is 24.5 Å². The Kier molecular flexibility index (Phi) is 8.57. The summed E-state index contributed by atoms with van der Waals surface area (Å²) in [7, 11) is -2.55. The Bertz CT molecular complexity index is 1730. The van der Waals surface area contributed by atoms with Gasteiger partial charge in [-0.15, -0.1) is 0 Å². The van der Waals surface area contributed by atoms with Crippen LogP contribution in [0, 0.1) is 11.8 Å². The van der Waals surface area contributed by atoms with Crippen LogP contribution in [-0.2, 0) is 16.4 Å². The van der Waals surface area contributed by atoms with Crippen LogP contribution in [0.3, 0.4) is 0 Å². The average Bonchev–Trinajstić information content (AvgIpc) is 3.69. The van der Waals surface area contributed by atoms with Crippen molar-refractivity contribution in [1.29, 1.82) is 0 Å². The Morgan fingerprint density at radius 2 is 1.04 bits per heavy atom. The lowest BCUT2D eigenvalue weighted by atomic mass is 9.77. The molecule has 0 unspecified atom stereocenters. The highest BCUT2D eigenvalue weighted by Gasteiger charge is 2.51. The van der Waals surface area contributed by atoms with Crippen LogP contribution < -0.4 is 10.4 Å². The standard InChI is InChI=1S/C43H44N2OSi/c1-42(2,3)47(40-25-15-7-16-26-40,41-27-17-8-18-28-41)46-32-35-29-34(35)30-39-31-45(33-44-39)43(36-19-9-4-10-20-36,37-21-11-5-12-22-37)38-23-13-6-14-24-38/h4-28,31,33-35H,29-30,32H2,1-3H3/t34-,35-/m0/s1. The Labute approximate surface area is 281 Å². The van der Waals surface area contributed by atoms with E-state index in [2.05, 4.69) is 183 Å². The predicted molar refractivity (Wildman–Crippen MR) is 196 cm³/mol. The summed E-state index contributed by atoms with van der Waals surface area (Å²) in [4.78, 5) is 5.05. The summed E-state index contributed by atoms with van der Waals surface area (Å²) in [6, 6.07) is 54.4. The molecule has 1 fully saturated rings. The van der Waals surface area contributed by atoms with Crippen LogP contribution in [0.2, 0.25) is 5.04 Å². The second-order valence-corrected chi connectivity index (χ2v) is 18.3. The van der Waals surface area contributed by atoms with Crippen LogP contribution in [0.15, 0.2) is 164 Å². The monoisotopic (exact) mass is 632 g/mol. The van der Waals surface area contributed by atoms with Gasteiger partial charge < -0.3 is 8.99 Å². The average molecular weight is 633 g/mol. The molecule has 1 heterocycles. The van der Waals surface area contributed by atoms with Crippen molar-refractivity contribution in [3.8, 4) is 0 Å². The maximum Gasteiger partial charge on any atom is 0.261 e.